The van der Waals surface area contributed by atoms with Crippen molar-refractivity contribution in [3.63, 3.8) is 0 Å². The van der Waals surface area contributed by atoms with Crippen LogP contribution in [0.5, 0.6) is 0 Å². The Kier molecular flexibility index (Phi) is 4.53. The lowest BCUT2D eigenvalue weighted by Gasteiger charge is -2.19. The van der Waals surface area contributed by atoms with E-state index in [1.54, 1.807) is 12.3 Å². The van der Waals surface area contributed by atoms with Gasteiger partial charge in [0.15, 0.2) is 0 Å². The molecule has 0 unspecified atom stereocenters. The van der Waals surface area contributed by atoms with Crippen molar-refractivity contribution >= 4 is 46.8 Å². The molecule has 0 amide bonds. The van der Waals surface area contributed by atoms with Crippen molar-refractivity contribution in [2.45, 2.75) is 11.3 Å². The number of guanidine groups is 1. The molecule has 1 aromatic carbocycles. The van der Waals surface area contributed by atoms with Gasteiger partial charge in [-0.1, -0.05) is 29.3 Å². The lowest BCUT2D eigenvalue weighted by atomic mass is 10.3. The monoisotopic (exact) mass is 338 g/mol. The Hall–Kier alpha value is -1.43. The number of hydrogen-bond donors (Lipinski definition) is 2. The van der Waals surface area contributed by atoms with Crippen molar-refractivity contribution in [1.29, 1.82) is 0 Å². The van der Waals surface area contributed by atoms with Gasteiger partial charge in [-0.25, -0.2) is 0 Å². The number of pyridine rings is 1. The summed E-state index contributed by atoms with van der Waals surface area (Å²) in [4.78, 5) is 5.17. The number of fused-ring (bicyclic) bond motifs is 1. The number of nitrogens with zero attached hydrogens (tertiary/aromatic N) is 2. The largest absolute Gasteiger partial charge is 0.355 e. The van der Waals surface area contributed by atoms with Gasteiger partial charge in [-0.15, -0.1) is 0 Å². The normalized spacial score (nSPS) is 13.1. The Labute approximate surface area is 137 Å². The zero-order valence-electron chi connectivity index (χ0n) is 10.9. The molecule has 0 fully saturated rings. The first-order valence-corrected chi connectivity index (χ1v) is 7.90. The van der Waals surface area contributed by atoms with Crippen molar-refractivity contribution in [2.24, 2.45) is 4.40 Å². The molecule has 0 bridgehead atoms. The predicted octanol–water partition coefficient (Wildman–Crippen LogP) is 4.01. The fourth-order valence-corrected chi connectivity index (χ4v) is 3.16. The van der Waals surface area contributed by atoms with Crippen molar-refractivity contribution in [2.75, 3.05) is 11.9 Å². The molecule has 1 aliphatic rings. The molecule has 0 atom stereocenters. The summed E-state index contributed by atoms with van der Waals surface area (Å²) in [7, 11) is 0. The zero-order valence-corrected chi connectivity index (χ0v) is 13.3. The standard InChI is InChI=1S/C14H12Cl2N4S/c15-9-7-11(16)13-12(8-9)19-14(20-21-13)18-6-4-10-3-1-2-5-17-10/h1-3,5,7-8H,4,6H2,(H2,18,19,20). The highest BCUT2D eigenvalue weighted by Crippen LogP contribution is 2.39. The summed E-state index contributed by atoms with van der Waals surface area (Å²) in [5, 5.41) is 7.64. The molecule has 3 rings (SSSR count). The van der Waals surface area contributed by atoms with E-state index in [0.29, 0.717) is 16.0 Å². The van der Waals surface area contributed by atoms with Crippen LogP contribution in [0.1, 0.15) is 5.69 Å². The van der Waals surface area contributed by atoms with E-state index < -0.39 is 0 Å². The molecule has 4 nitrogen and oxygen atoms in total. The van der Waals surface area contributed by atoms with Gasteiger partial charge in [-0.2, -0.15) is 4.40 Å². The summed E-state index contributed by atoms with van der Waals surface area (Å²) in [6.07, 6.45) is 2.62. The number of aromatic nitrogens is 1. The molecule has 0 spiro atoms. The van der Waals surface area contributed by atoms with Crippen molar-refractivity contribution < 1.29 is 0 Å². The van der Waals surface area contributed by atoms with E-state index >= 15 is 0 Å². The molecule has 0 saturated heterocycles. The molecule has 1 aromatic heterocycles. The van der Waals surface area contributed by atoms with E-state index in [1.165, 1.54) is 11.9 Å². The molecule has 2 N–H and O–H groups in total. The third-order valence-electron chi connectivity index (χ3n) is 2.89. The highest BCUT2D eigenvalue weighted by molar-refractivity contribution is 7.98. The maximum Gasteiger partial charge on any atom is 0.207 e. The number of hydrogen-bond acceptors (Lipinski definition) is 5. The summed E-state index contributed by atoms with van der Waals surface area (Å²) < 4.78 is 4.36. The lowest BCUT2D eigenvalue weighted by Crippen LogP contribution is -2.33. The number of anilines is 1. The average Bonchev–Trinajstić information content (AvgIpc) is 2.48. The van der Waals surface area contributed by atoms with Crippen LogP contribution < -0.4 is 10.6 Å². The van der Waals surface area contributed by atoms with E-state index in [4.69, 9.17) is 23.2 Å². The molecule has 7 heteroatoms. The molecule has 2 heterocycles. The number of halogens is 2. The first-order chi connectivity index (χ1) is 10.2. The van der Waals surface area contributed by atoms with Gasteiger partial charge in [0.2, 0.25) is 5.96 Å². The van der Waals surface area contributed by atoms with E-state index in [9.17, 15) is 0 Å². The molecule has 21 heavy (non-hydrogen) atoms. The van der Waals surface area contributed by atoms with Gasteiger partial charge >= 0.3 is 0 Å². The van der Waals surface area contributed by atoms with Crippen LogP contribution >= 0.6 is 35.1 Å². The maximum absolute atomic E-state index is 6.14. The fourth-order valence-electron chi connectivity index (χ4n) is 1.92. The van der Waals surface area contributed by atoms with Gasteiger partial charge in [0.25, 0.3) is 0 Å². The van der Waals surface area contributed by atoms with Crippen LogP contribution in [-0.4, -0.2) is 17.5 Å². The van der Waals surface area contributed by atoms with Crippen LogP contribution in [0, 0.1) is 0 Å². The average molecular weight is 339 g/mol. The quantitative estimate of drug-likeness (QED) is 0.830. The van der Waals surface area contributed by atoms with Gasteiger partial charge in [-0.3, -0.25) is 4.98 Å². The third kappa shape index (κ3) is 3.61. The second kappa shape index (κ2) is 6.56. The number of benzene rings is 1. The van der Waals surface area contributed by atoms with Gasteiger partial charge in [0.05, 0.1) is 15.6 Å². The van der Waals surface area contributed by atoms with E-state index in [-0.39, 0.29) is 0 Å². The minimum Gasteiger partial charge on any atom is -0.355 e. The van der Waals surface area contributed by atoms with Gasteiger partial charge in [0.1, 0.15) is 0 Å². The molecule has 108 valence electrons. The minimum atomic E-state index is 0.599. The smallest absolute Gasteiger partial charge is 0.207 e. The van der Waals surface area contributed by atoms with Gasteiger partial charge in [-0.05, 0) is 24.3 Å². The second-order valence-electron chi connectivity index (χ2n) is 4.42. The molecule has 0 radical (unpaired) electrons. The Balaban J connectivity index is 1.60. The summed E-state index contributed by atoms with van der Waals surface area (Å²) in [6.45, 7) is 0.743. The van der Waals surface area contributed by atoms with Crippen LogP contribution in [0.25, 0.3) is 0 Å². The van der Waals surface area contributed by atoms with E-state index in [1.807, 2.05) is 24.3 Å². The Bertz CT molecular complexity index is 676. The summed E-state index contributed by atoms with van der Waals surface area (Å²) in [6, 6.07) is 9.44. The van der Waals surface area contributed by atoms with E-state index in [2.05, 4.69) is 20.0 Å². The Morgan fingerprint density at radius 2 is 2.14 bits per heavy atom. The van der Waals surface area contributed by atoms with Crippen molar-refractivity contribution in [3.05, 3.63) is 52.3 Å². The first kappa shape index (κ1) is 14.5. The minimum absolute atomic E-state index is 0.599. The predicted molar refractivity (Wildman–Crippen MR) is 89.3 cm³/mol. The summed E-state index contributed by atoms with van der Waals surface area (Å²) in [5.74, 6) is 0.696. The highest BCUT2D eigenvalue weighted by atomic mass is 35.5. The van der Waals surface area contributed by atoms with Gasteiger partial charge < -0.3 is 10.6 Å². The van der Waals surface area contributed by atoms with Crippen molar-refractivity contribution in [1.82, 2.24) is 10.3 Å². The second-order valence-corrected chi connectivity index (χ2v) is 6.04. The topological polar surface area (TPSA) is 49.3 Å². The Morgan fingerprint density at radius 1 is 1.24 bits per heavy atom. The van der Waals surface area contributed by atoms with Crippen LogP contribution in [0.4, 0.5) is 5.69 Å². The molecule has 2 aromatic rings. The van der Waals surface area contributed by atoms with Gasteiger partial charge in [0, 0.05) is 41.8 Å². The third-order valence-corrected chi connectivity index (χ3v) is 4.41. The summed E-state index contributed by atoms with van der Waals surface area (Å²) >= 11 is 13.5. The fraction of sp³-hybridized carbons (Fsp3) is 0.143. The maximum atomic E-state index is 6.14. The number of rotatable bonds is 3. The SMILES string of the molecule is Clc1cc(Cl)c2c(c1)NC(NCCc1ccccn1)=NS2. The first-order valence-electron chi connectivity index (χ1n) is 6.37. The van der Waals surface area contributed by atoms with Crippen LogP contribution in [0.3, 0.4) is 0 Å². The molecular formula is C14H12Cl2N4S. The van der Waals surface area contributed by atoms with Crippen LogP contribution in [-0.2, 0) is 6.42 Å². The summed E-state index contributed by atoms with van der Waals surface area (Å²) in [5.41, 5.74) is 1.91. The van der Waals surface area contributed by atoms with Crippen LogP contribution in [0.15, 0.2) is 45.8 Å². The highest BCUT2D eigenvalue weighted by Gasteiger charge is 2.16. The van der Waals surface area contributed by atoms with Crippen molar-refractivity contribution in [3.8, 4) is 0 Å². The molecule has 1 aliphatic heterocycles. The number of nitrogens with one attached hydrogen (secondary N) is 2. The van der Waals surface area contributed by atoms with E-state index in [0.717, 1.165) is 29.2 Å². The molecule has 0 aliphatic carbocycles. The molecule has 0 saturated carbocycles. The lowest BCUT2D eigenvalue weighted by molar-refractivity contribution is 0.840. The van der Waals surface area contributed by atoms with Crippen LogP contribution in [0.2, 0.25) is 10.0 Å². The molecular weight excluding hydrogens is 327 g/mol. The Morgan fingerprint density at radius 3 is 2.95 bits per heavy atom. The zero-order chi connectivity index (χ0) is 14.7.